The molecule has 0 amide bonds. The summed E-state index contributed by atoms with van der Waals surface area (Å²) < 4.78 is 0. The minimum atomic E-state index is -0.759. The lowest BCUT2D eigenvalue weighted by Crippen LogP contribution is -2.47. The summed E-state index contributed by atoms with van der Waals surface area (Å²) in [5.74, 6) is -0.759. The van der Waals surface area contributed by atoms with Crippen molar-refractivity contribution >= 4 is 18.4 Å². The van der Waals surface area contributed by atoms with Gasteiger partial charge in [0, 0.05) is 26.2 Å². The number of aryl methyl sites for hydroxylation is 1. The third-order valence-corrected chi connectivity index (χ3v) is 3.49. The van der Waals surface area contributed by atoms with E-state index >= 15 is 0 Å². The fourth-order valence-corrected chi connectivity index (χ4v) is 2.43. The van der Waals surface area contributed by atoms with Crippen LogP contribution in [0.3, 0.4) is 0 Å². The molecule has 1 atom stereocenters. The van der Waals surface area contributed by atoms with Crippen LogP contribution in [0.25, 0.3) is 0 Å². The van der Waals surface area contributed by atoms with Crippen LogP contribution in [0.1, 0.15) is 17.2 Å². The Morgan fingerprint density at radius 3 is 2.42 bits per heavy atom. The third kappa shape index (κ3) is 3.93. The SMILES string of the molecule is Cc1cccc(C(C(=O)O)N2CCN(C)CC2)c1.Cl. The number of benzene rings is 1. The van der Waals surface area contributed by atoms with Gasteiger partial charge >= 0.3 is 5.97 Å². The predicted octanol–water partition coefficient (Wildman–Crippen LogP) is 1.79. The molecule has 5 heteroatoms. The smallest absolute Gasteiger partial charge is 0.325 e. The molecule has 1 N–H and O–H groups in total. The second kappa shape index (κ2) is 6.89. The predicted molar refractivity (Wildman–Crippen MR) is 77.9 cm³/mol. The van der Waals surface area contributed by atoms with Crippen molar-refractivity contribution in [2.24, 2.45) is 0 Å². The Hall–Kier alpha value is -1.10. The number of halogens is 1. The van der Waals surface area contributed by atoms with Crippen molar-refractivity contribution in [3.05, 3.63) is 35.4 Å². The Morgan fingerprint density at radius 2 is 1.89 bits per heavy atom. The lowest BCUT2D eigenvalue weighted by atomic mass is 10.0. The van der Waals surface area contributed by atoms with E-state index in [0.717, 1.165) is 37.3 Å². The number of nitrogens with zero attached hydrogens (tertiary/aromatic N) is 2. The van der Waals surface area contributed by atoms with Gasteiger partial charge in [-0.2, -0.15) is 0 Å². The minimum Gasteiger partial charge on any atom is -0.480 e. The molecule has 0 saturated carbocycles. The van der Waals surface area contributed by atoms with Crippen LogP contribution in [0, 0.1) is 6.92 Å². The lowest BCUT2D eigenvalue weighted by Gasteiger charge is -2.36. The molecule has 0 aromatic heterocycles. The third-order valence-electron chi connectivity index (χ3n) is 3.49. The zero-order valence-corrected chi connectivity index (χ0v) is 12.2. The van der Waals surface area contributed by atoms with Gasteiger partial charge in [-0.05, 0) is 19.5 Å². The first kappa shape index (κ1) is 16.0. The normalized spacial score (nSPS) is 18.6. The average molecular weight is 285 g/mol. The molecule has 1 aliphatic heterocycles. The number of hydrogen-bond acceptors (Lipinski definition) is 3. The number of carboxylic acids is 1. The van der Waals surface area contributed by atoms with Crippen molar-refractivity contribution in [2.45, 2.75) is 13.0 Å². The van der Waals surface area contributed by atoms with Crippen molar-refractivity contribution in [1.82, 2.24) is 9.80 Å². The molecule has 2 rings (SSSR count). The van der Waals surface area contributed by atoms with Crippen molar-refractivity contribution in [1.29, 1.82) is 0 Å². The van der Waals surface area contributed by atoms with Crippen molar-refractivity contribution in [3.8, 4) is 0 Å². The molecule has 4 nitrogen and oxygen atoms in total. The lowest BCUT2D eigenvalue weighted by molar-refractivity contribution is -0.144. The highest BCUT2D eigenvalue weighted by molar-refractivity contribution is 5.85. The first-order valence-electron chi connectivity index (χ1n) is 6.30. The first-order chi connectivity index (χ1) is 8.58. The number of rotatable bonds is 3. The number of piperazine rings is 1. The van der Waals surface area contributed by atoms with E-state index in [4.69, 9.17) is 0 Å². The van der Waals surface area contributed by atoms with Crippen LogP contribution in [0.15, 0.2) is 24.3 Å². The molecule has 0 radical (unpaired) electrons. The van der Waals surface area contributed by atoms with Gasteiger partial charge in [0.1, 0.15) is 6.04 Å². The molecular formula is C14H21ClN2O2. The maximum Gasteiger partial charge on any atom is 0.325 e. The maximum absolute atomic E-state index is 11.5. The van der Waals surface area contributed by atoms with E-state index in [9.17, 15) is 9.90 Å². The van der Waals surface area contributed by atoms with E-state index < -0.39 is 12.0 Å². The van der Waals surface area contributed by atoms with Crippen LogP contribution in [-0.2, 0) is 4.79 Å². The monoisotopic (exact) mass is 284 g/mol. The summed E-state index contributed by atoms with van der Waals surface area (Å²) in [6, 6.07) is 7.28. The van der Waals surface area contributed by atoms with Crippen LogP contribution < -0.4 is 0 Å². The molecule has 1 aliphatic rings. The van der Waals surface area contributed by atoms with Gasteiger partial charge in [0.05, 0.1) is 0 Å². The summed E-state index contributed by atoms with van der Waals surface area (Å²) in [5, 5.41) is 9.48. The second-order valence-corrected chi connectivity index (χ2v) is 4.99. The summed E-state index contributed by atoms with van der Waals surface area (Å²) in [6.07, 6.45) is 0. The largest absolute Gasteiger partial charge is 0.480 e. The Kier molecular flexibility index (Phi) is 5.79. The van der Waals surface area contributed by atoms with Crippen LogP contribution in [0.2, 0.25) is 0 Å². The molecule has 1 aromatic carbocycles. The molecule has 19 heavy (non-hydrogen) atoms. The van der Waals surface area contributed by atoms with Gasteiger partial charge < -0.3 is 10.0 Å². The van der Waals surface area contributed by atoms with Gasteiger partial charge in [0.2, 0.25) is 0 Å². The highest BCUT2D eigenvalue weighted by Crippen LogP contribution is 2.23. The van der Waals surface area contributed by atoms with Gasteiger partial charge in [-0.15, -0.1) is 12.4 Å². The molecule has 1 aromatic rings. The number of likely N-dealkylation sites (N-methyl/N-ethyl adjacent to an activating group) is 1. The van der Waals surface area contributed by atoms with Crippen LogP contribution in [0.5, 0.6) is 0 Å². The fraction of sp³-hybridized carbons (Fsp3) is 0.500. The molecule has 1 saturated heterocycles. The highest BCUT2D eigenvalue weighted by Gasteiger charge is 2.29. The standard InChI is InChI=1S/C14H20N2O2.ClH/c1-11-4-3-5-12(10-11)13(14(17)18)16-8-6-15(2)7-9-16;/h3-5,10,13H,6-9H2,1-2H3,(H,17,18);1H. The molecule has 0 aliphatic carbocycles. The van der Waals surface area contributed by atoms with E-state index in [-0.39, 0.29) is 12.4 Å². The van der Waals surface area contributed by atoms with Gasteiger partial charge in [0.15, 0.2) is 0 Å². The fourth-order valence-electron chi connectivity index (χ4n) is 2.43. The Bertz CT molecular complexity index is 431. The molecule has 0 bridgehead atoms. The summed E-state index contributed by atoms with van der Waals surface area (Å²) in [6.45, 7) is 5.46. The van der Waals surface area contributed by atoms with E-state index in [1.165, 1.54) is 0 Å². The molecule has 106 valence electrons. The van der Waals surface area contributed by atoms with E-state index in [2.05, 4.69) is 16.8 Å². The summed E-state index contributed by atoms with van der Waals surface area (Å²) in [5.41, 5.74) is 1.99. The zero-order valence-electron chi connectivity index (χ0n) is 11.4. The molecule has 1 heterocycles. The minimum absolute atomic E-state index is 0. The average Bonchev–Trinajstić information content (AvgIpc) is 2.32. The number of aliphatic carboxylic acids is 1. The number of carbonyl (C=O) groups is 1. The van der Waals surface area contributed by atoms with Crippen LogP contribution in [-0.4, -0.2) is 54.1 Å². The summed E-state index contributed by atoms with van der Waals surface area (Å²) in [4.78, 5) is 15.8. The number of hydrogen-bond donors (Lipinski definition) is 1. The highest BCUT2D eigenvalue weighted by atomic mass is 35.5. The van der Waals surface area contributed by atoms with Gasteiger partial charge in [-0.25, -0.2) is 0 Å². The second-order valence-electron chi connectivity index (χ2n) is 4.99. The molecule has 1 fully saturated rings. The van der Waals surface area contributed by atoms with E-state index in [0.29, 0.717) is 0 Å². The van der Waals surface area contributed by atoms with Gasteiger partial charge in [-0.1, -0.05) is 29.8 Å². The summed E-state index contributed by atoms with van der Waals surface area (Å²) >= 11 is 0. The van der Waals surface area contributed by atoms with Gasteiger partial charge in [-0.3, -0.25) is 9.69 Å². The first-order valence-corrected chi connectivity index (χ1v) is 6.30. The van der Waals surface area contributed by atoms with Crippen molar-refractivity contribution in [2.75, 3.05) is 33.2 Å². The maximum atomic E-state index is 11.5. The Morgan fingerprint density at radius 1 is 1.26 bits per heavy atom. The Labute approximate surface area is 120 Å². The quantitative estimate of drug-likeness (QED) is 0.919. The van der Waals surface area contributed by atoms with E-state index in [1.54, 1.807) is 0 Å². The molecular weight excluding hydrogens is 264 g/mol. The van der Waals surface area contributed by atoms with Crippen LogP contribution >= 0.6 is 12.4 Å². The number of carboxylic acid groups (broad SMARTS) is 1. The zero-order chi connectivity index (χ0) is 13.1. The molecule has 0 spiro atoms. The van der Waals surface area contributed by atoms with Crippen molar-refractivity contribution in [3.63, 3.8) is 0 Å². The van der Waals surface area contributed by atoms with Crippen LogP contribution in [0.4, 0.5) is 0 Å². The summed E-state index contributed by atoms with van der Waals surface area (Å²) in [7, 11) is 2.07. The van der Waals surface area contributed by atoms with Crippen molar-refractivity contribution < 1.29 is 9.90 Å². The van der Waals surface area contributed by atoms with E-state index in [1.807, 2.05) is 31.2 Å². The van der Waals surface area contributed by atoms with Gasteiger partial charge in [0.25, 0.3) is 0 Å². The Balaban J connectivity index is 0.00000180. The topological polar surface area (TPSA) is 43.8 Å². The molecule has 1 unspecified atom stereocenters.